The normalized spacial score (nSPS) is 13.0. The highest BCUT2D eigenvalue weighted by Gasteiger charge is 2.05. The summed E-state index contributed by atoms with van der Waals surface area (Å²) in [7, 11) is 0. The first-order valence-electron chi connectivity index (χ1n) is 4.19. The van der Waals surface area contributed by atoms with Gasteiger partial charge in [0.25, 0.3) is 0 Å². The Morgan fingerprint density at radius 1 is 1.50 bits per heavy atom. The molecule has 1 aromatic rings. The summed E-state index contributed by atoms with van der Waals surface area (Å²) in [5.74, 6) is 0. The fourth-order valence-corrected chi connectivity index (χ4v) is 1.69. The van der Waals surface area contributed by atoms with E-state index in [-0.39, 0.29) is 6.04 Å². The molecule has 0 saturated heterocycles. The van der Waals surface area contributed by atoms with E-state index in [0.29, 0.717) is 0 Å². The van der Waals surface area contributed by atoms with Crippen molar-refractivity contribution >= 4 is 15.9 Å². The highest BCUT2D eigenvalue weighted by atomic mass is 79.9. The molecule has 1 nitrogen and oxygen atoms in total. The lowest BCUT2D eigenvalue weighted by Gasteiger charge is -2.11. The summed E-state index contributed by atoms with van der Waals surface area (Å²) in [5, 5.41) is 0. The summed E-state index contributed by atoms with van der Waals surface area (Å²) >= 11 is 3.44. The van der Waals surface area contributed by atoms with Crippen LogP contribution in [0.1, 0.15) is 31.0 Å². The van der Waals surface area contributed by atoms with Crippen LogP contribution in [-0.4, -0.2) is 0 Å². The molecule has 1 atom stereocenters. The summed E-state index contributed by atoms with van der Waals surface area (Å²) in [4.78, 5) is 0. The van der Waals surface area contributed by atoms with E-state index >= 15 is 0 Å². The molecule has 0 heterocycles. The molecule has 0 bridgehead atoms. The van der Waals surface area contributed by atoms with Crippen molar-refractivity contribution in [2.45, 2.75) is 26.3 Å². The van der Waals surface area contributed by atoms with Crippen LogP contribution in [0.25, 0.3) is 0 Å². The van der Waals surface area contributed by atoms with Gasteiger partial charge in [0.15, 0.2) is 0 Å². The third-order valence-corrected chi connectivity index (χ3v) is 2.47. The second-order valence-electron chi connectivity index (χ2n) is 2.99. The Morgan fingerprint density at radius 2 is 2.17 bits per heavy atom. The summed E-state index contributed by atoms with van der Waals surface area (Å²) in [5.41, 5.74) is 8.42. The third-order valence-electron chi connectivity index (χ3n) is 1.98. The molecule has 0 spiro atoms. The molecule has 0 aliphatic rings. The Bertz CT molecular complexity index is 269. The average molecular weight is 228 g/mol. The van der Waals surface area contributed by atoms with E-state index in [9.17, 15) is 0 Å². The second kappa shape index (κ2) is 4.06. The fraction of sp³-hybridized carbons (Fsp3) is 0.400. The third kappa shape index (κ3) is 2.08. The van der Waals surface area contributed by atoms with Gasteiger partial charge in [0.2, 0.25) is 0 Å². The van der Waals surface area contributed by atoms with Gasteiger partial charge in [-0.15, -0.1) is 0 Å². The van der Waals surface area contributed by atoms with E-state index in [4.69, 9.17) is 5.73 Å². The molecule has 2 heteroatoms. The highest BCUT2D eigenvalue weighted by Crippen LogP contribution is 2.21. The van der Waals surface area contributed by atoms with E-state index in [1.807, 2.05) is 6.92 Å². The summed E-state index contributed by atoms with van der Waals surface area (Å²) in [6.07, 6.45) is 1.05. The number of hydrogen-bond acceptors (Lipinski definition) is 1. The zero-order chi connectivity index (χ0) is 9.14. The first-order chi connectivity index (χ1) is 5.65. The molecule has 0 radical (unpaired) electrons. The number of aryl methyl sites for hydroxylation is 1. The minimum absolute atomic E-state index is 0.123. The number of nitrogens with two attached hydrogens (primary N) is 1. The predicted molar refractivity (Wildman–Crippen MR) is 56.1 cm³/mol. The van der Waals surface area contributed by atoms with Gasteiger partial charge in [-0.25, -0.2) is 0 Å². The summed E-state index contributed by atoms with van der Waals surface area (Å²) in [6, 6.07) is 6.41. The highest BCUT2D eigenvalue weighted by molar-refractivity contribution is 9.10. The molecule has 12 heavy (non-hydrogen) atoms. The predicted octanol–water partition coefficient (Wildman–Crippen LogP) is 3.03. The molecule has 66 valence electrons. The Hall–Kier alpha value is -0.340. The molecule has 0 saturated carbocycles. The zero-order valence-electron chi connectivity index (χ0n) is 7.47. The lowest BCUT2D eigenvalue weighted by Crippen LogP contribution is -2.07. The van der Waals surface area contributed by atoms with Crippen LogP contribution in [0.3, 0.4) is 0 Å². The van der Waals surface area contributed by atoms with Crippen LogP contribution in [0, 0.1) is 0 Å². The minimum Gasteiger partial charge on any atom is -0.324 e. The average Bonchev–Trinajstić information content (AvgIpc) is 2.04. The quantitative estimate of drug-likeness (QED) is 0.827. The van der Waals surface area contributed by atoms with Crippen molar-refractivity contribution in [3.8, 4) is 0 Å². The molecule has 0 fully saturated rings. The van der Waals surface area contributed by atoms with E-state index in [1.54, 1.807) is 0 Å². The first-order valence-corrected chi connectivity index (χ1v) is 4.98. The van der Waals surface area contributed by atoms with Crippen LogP contribution in [0.5, 0.6) is 0 Å². The minimum atomic E-state index is 0.123. The largest absolute Gasteiger partial charge is 0.324 e. The van der Waals surface area contributed by atoms with Gasteiger partial charge in [-0.05, 0) is 36.6 Å². The zero-order valence-corrected chi connectivity index (χ0v) is 9.06. The van der Waals surface area contributed by atoms with Gasteiger partial charge in [-0.2, -0.15) is 0 Å². The molecular formula is C10H14BrN. The Morgan fingerprint density at radius 3 is 2.67 bits per heavy atom. The van der Waals surface area contributed by atoms with Gasteiger partial charge in [-0.3, -0.25) is 0 Å². The Balaban J connectivity index is 3.12. The maximum absolute atomic E-state index is 5.84. The van der Waals surface area contributed by atoms with Crippen LogP contribution in [-0.2, 0) is 6.42 Å². The van der Waals surface area contributed by atoms with Crippen LogP contribution in [0.15, 0.2) is 22.7 Å². The molecule has 1 rings (SSSR count). The number of rotatable bonds is 2. The van der Waals surface area contributed by atoms with Crippen molar-refractivity contribution in [3.63, 3.8) is 0 Å². The SMILES string of the molecule is CCc1ccc(Br)cc1[C@H](C)N. The topological polar surface area (TPSA) is 26.0 Å². The van der Waals surface area contributed by atoms with Crippen molar-refractivity contribution < 1.29 is 0 Å². The van der Waals surface area contributed by atoms with Crippen LogP contribution in [0.2, 0.25) is 0 Å². The van der Waals surface area contributed by atoms with Crippen LogP contribution < -0.4 is 5.73 Å². The Kier molecular flexibility index (Phi) is 3.29. The van der Waals surface area contributed by atoms with Crippen LogP contribution >= 0.6 is 15.9 Å². The van der Waals surface area contributed by atoms with Gasteiger partial charge in [0.1, 0.15) is 0 Å². The standard InChI is InChI=1S/C10H14BrN/c1-3-8-4-5-9(11)6-10(8)7(2)12/h4-7H,3,12H2,1-2H3/t7-/m0/s1. The van der Waals surface area contributed by atoms with E-state index in [1.165, 1.54) is 11.1 Å². The molecule has 0 amide bonds. The summed E-state index contributed by atoms with van der Waals surface area (Å²) < 4.78 is 1.10. The smallest absolute Gasteiger partial charge is 0.0269 e. The monoisotopic (exact) mass is 227 g/mol. The molecule has 1 aromatic carbocycles. The summed E-state index contributed by atoms with van der Waals surface area (Å²) in [6.45, 7) is 4.16. The van der Waals surface area contributed by atoms with Crippen molar-refractivity contribution in [2.24, 2.45) is 5.73 Å². The van der Waals surface area contributed by atoms with Gasteiger partial charge in [-0.1, -0.05) is 28.9 Å². The van der Waals surface area contributed by atoms with Crippen molar-refractivity contribution in [1.82, 2.24) is 0 Å². The molecular weight excluding hydrogens is 214 g/mol. The van der Waals surface area contributed by atoms with Crippen LogP contribution in [0.4, 0.5) is 0 Å². The molecule has 0 aromatic heterocycles. The lowest BCUT2D eigenvalue weighted by atomic mass is 10.0. The van der Waals surface area contributed by atoms with E-state index in [0.717, 1.165) is 10.9 Å². The lowest BCUT2D eigenvalue weighted by molar-refractivity contribution is 0.800. The van der Waals surface area contributed by atoms with Crippen molar-refractivity contribution in [3.05, 3.63) is 33.8 Å². The maximum Gasteiger partial charge on any atom is 0.0269 e. The number of hydrogen-bond donors (Lipinski definition) is 1. The van der Waals surface area contributed by atoms with Gasteiger partial charge in [0, 0.05) is 10.5 Å². The molecule has 0 unspecified atom stereocenters. The second-order valence-corrected chi connectivity index (χ2v) is 3.90. The molecule has 2 N–H and O–H groups in total. The van der Waals surface area contributed by atoms with E-state index < -0.39 is 0 Å². The van der Waals surface area contributed by atoms with Crippen molar-refractivity contribution in [1.29, 1.82) is 0 Å². The van der Waals surface area contributed by atoms with Crippen molar-refractivity contribution in [2.75, 3.05) is 0 Å². The molecule has 0 aliphatic carbocycles. The van der Waals surface area contributed by atoms with E-state index in [2.05, 4.69) is 41.1 Å². The Labute approximate surface area is 82.1 Å². The number of halogens is 1. The number of benzene rings is 1. The van der Waals surface area contributed by atoms with Gasteiger partial charge in [0.05, 0.1) is 0 Å². The molecule has 0 aliphatic heterocycles. The van der Waals surface area contributed by atoms with Gasteiger partial charge < -0.3 is 5.73 Å². The maximum atomic E-state index is 5.84. The fourth-order valence-electron chi connectivity index (χ4n) is 1.31. The first kappa shape index (κ1) is 9.75. The van der Waals surface area contributed by atoms with Gasteiger partial charge >= 0.3 is 0 Å².